The van der Waals surface area contributed by atoms with E-state index in [1.54, 1.807) is 0 Å². The van der Waals surface area contributed by atoms with Crippen molar-refractivity contribution < 1.29 is 0 Å². The van der Waals surface area contributed by atoms with Crippen LogP contribution in [-0.4, -0.2) is 9.97 Å². The molecule has 0 saturated heterocycles. The lowest BCUT2D eigenvalue weighted by Gasteiger charge is -2.09. The first kappa shape index (κ1) is 13.8. The van der Waals surface area contributed by atoms with Crippen LogP contribution in [0.15, 0.2) is 60.7 Å². The van der Waals surface area contributed by atoms with Crippen LogP contribution in [0.4, 0.5) is 0 Å². The second-order valence-corrected chi connectivity index (χ2v) is 5.29. The van der Waals surface area contributed by atoms with Crippen LogP contribution in [0.25, 0.3) is 11.3 Å². The molecule has 0 aliphatic rings. The van der Waals surface area contributed by atoms with Crippen LogP contribution in [-0.2, 0) is 6.42 Å². The molecule has 0 bridgehead atoms. The molecule has 2 aromatic carbocycles. The highest BCUT2D eigenvalue weighted by atomic mass is 35.5. The predicted molar refractivity (Wildman–Crippen MR) is 86.5 cm³/mol. The first-order chi connectivity index (χ1) is 10.2. The lowest BCUT2D eigenvalue weighted by atomic mass is 10.1. The van der Waals surface area contributed by atoms with Crippen LogP contribution >= 0.6 is 11.6 Å². The molecule has 0 amide bonds. The van der Waals surface area contributed by atoms with Gasteiger partial charge in [-0.3, -0.25) is 0 Å². The summed E-state index contributed by atoms with van der Waals surface area (Å²) in [5.74, 6) is 0.746. The molecule has 0 radical (unpaired) electrons. The maximum atomic E-state index is 6.28. The molecule has 1 heterocycles. The summed E-state index contributed by atoms with van der Waals surface area (Å²) in [6.45, 7) is 1.96. The van der Waals surface area contributed by atoms with E-state index in [2.05, 4.69) is 17.1 Å². The predicted octanol–water partition coefficient (Wildman–Crippen LogP) is 4.70. The van der Waals surface area contributed by atoms with E-state index in [0.29, 0.717) is 11.6 Å². The van der Waals surface area contributed by atoms with E-state index < -0.39 is 0 Å². The highest BCUT2D eigenvalue weighted by Gasteiger charge is 2.11. The minimum Gasteiger partial charge on any atom is -0.232 e. The Kier molecular flexibility index (Phi) is 3.98. The zero-order valence-electron chi connectivity index (χ0n) is 11.8. The molecule has 0 saturated carbocycles. The standard InChI is InChI=1S/C18H15ClN2/c1-13-17(15-10-6-3-7-11-15)20-16(21-18(13)19)12-14-8-4-2-5-9-14/h2-11H,12H2,1H3. The van der Waals surface area contributed by atoms with Crippen LogP contribution in [0, 0.1) is 6.92 Å². The number of aromatic nitrogens is 2. The monoisotopic (exact) mass is 294 g/mol. The van der Waals surface area contributed by atoms with Crippen LogP contribution in [0.1, 0.15) is 17.0 Å². The minimum atomic E-state index is 0.523. The highest BCUT2D eigenvalue weighted by Crippen LogP contribution is 2.26. The van der Waals surface area contributed by atoms with Gasteiger partial charge in [-0.25, -0.2) is 9.97 Å². The van der Waals surface area contributed by atoms with Gasteiger partial charge in [0.2, 0.25) is 0 Å². The quantitative estimate of drug-likeness (QED) is 0.655. The van der Waals surface area contributed by atoms with Crippen molar-refractivity contribution in [3.8, 4) is 11.3 Å². The van der Waals surface area contributed by atoms with Crippen molar-refractivity contribution in [1.29, 1.82) is 0 Å². The topological polar surface area (TPSA) is 25.8 Å². The van der Waals surface area contributed by atoms with Crippen LogP contribution in [0.3, 0.4) is 0 Å². The van der Waals surface area contributed by atoms with Crippen molar-refractivity contribution in [2.24, 2.45) is 0 Å². The molecule has 3 rings (SSSR count). The van der Waals surface area contributed by atoms with Gasteiger partial charge >= 0.3 is 0 Å². The molecule has 0 unspecified atom stereocenters. The van der Waals surface area contributed by atoms with Gasteiger partial charge in [0.05, 0.1) is 5.69 Å². The number of hydrogen-bond acceptors (Lipinski definition) is 2. The maximum Gasteiger partial charge on any atom is 0.136 e. The van der Waals surface area contributed by atoms with Crippen LogP contribution < -0.4 is 0 Å². The number of benzene rings is 2. The molecule has 0 spiro atoms. The van der Waals surface area contributed by atoms with Gasteiger partial charge in [0.1, 0.15) is 11.0 Å². The van der Waals surface area contributed by atoms with Crippen molar-refractivity contribution in [2.45, 2.75) is 13.3 Å². The zero-order chi connectivity index (χ0) is 14.7. The van der Waals surface area contributed by atoms with Crippen molar-refractivity contribution in [1.82, 2.24) is 9.97 Å². The summed E-state index contributed by atoms with van der Waals surface area (Å²) in [6.07, 6.45) is 0.681. The van der Waals surface area contributed by atoms with Crippen molar-refractivity contribution in [3.05, 3.63) is 82.8 Å². The molecule has 2 nitrogen and oxygen atoms in total. The molecule has 3 aromatic rings. The lowest BCUT2D eigenvalue weighted by molar-refractivity contribution is 0.961. The summed E-state index contributed by atoms with van der Waals surface area (Å²) >= 11 is 6.28. The van der Waals surface area contributed by atoms with Gasteiger partial charge in [-0.05, 0) is 12.5 Å². The molecule has 0 atom stereocenters. The van der Waals surface area contributed by atoms with Crippen LogP contribution in [0.2, 0.25) is 5.15 Å². The molecule has 21 heavy (non-hydrogen) atoms. The molecular formula is C18H15ClN2. The third kappa shape index (κ3) is 3.11. The third-order valence-electron chi connectivity index (χ3n) is 3.39. The molecule has 1 aromatic heterocycles. The third-order valence-corrected chi connectivity index (χ3v) is 3.75. The number of nitrogens with zero attached hydrogens (tertiary/aromatic N) is 2. The van der Waals surface area contributed by atoms with Gasteiger partial charge < -0.3 is 0 Å². The molecule has 0 fully saturated rings. The molecule has 104 valence electrons. The fourth-order valence-corrected chi connectivity index (χ4v) is 2.45. The Morgan fingerprint density at radius 3 is 2.14 bits per heavy atom. The Hall–Kier alpha value is -2.19. The smallest absolute Gasteiger partial charge is 0.136 e. The van der Waals surface area contributed by atoms with E-state index in [-0.39, 0.29) is 0 Å². The Morgan fingerprint density at radius 2 is 1.48 bits per heavy atom. The van der Waals surface area contributed by atoms with Crippen molar-refractivity contribution >= 4 is 11.6 Å². The molecule has 0 aliphatic carbocycles. The summed E-state index contributed by atoms with van der Waals surface area (Å²) < 4.78 is 0. The van der Waals surface area contributed by atoms with Crippen molar-refractivity contribution in [2.75, 3.05) is 0 Å². The Balaban J connectivity index is 2.02. The molecule has 0 N–H and O–H groups in total. The molecular weight excluding hydrogens is 280 g/mol. The van der Waals surface area contributed by atoms with Gasteiger partial charge in [-0.2, -0.15) is 0 Å². The summed E-state index contributed by atoms with van der Waals surface area (Å²) in [5, 5.41) is 0.523. The summed E-state index contributed by atoms with van der Waals surface area (Å²) in [7, 11) is 0. The first-order valence-corrected chi connectivity index (χ1v) is 7.24. The summed E-state index contributed by atoms with van der Waals surface area (Å²) in [6, 6.07) is 20.2. The maximum absolute atomic E-state index is 6.28. The minimum absolute atomic E-state index is 0.523. The van der Waals surface area contributed by atoms with E-state index in [4.69, 9.17) is 16.6 Å². The van der Waals surface area contributed by atoms with Crippen LogP contribution in [0.5, 0.6) is 0 Å². The second kappa shape index (κ2) is 6.06. The Morgan fingerprint density at radius 1 is 0.857 bits per heavy atom. The lowest BCUT2D eigenvalue weighted by Crippen LogP contribution is -2.01. The fraction of sp³-hybridized carbons (Fsp3) is 0.111. The zero-order valence-corrected chi connectivity index (χ0v) is 12.5. The molecule has 3 heteroatoms. The average molecular weight is 295 g/mol. The fourth-order valence-electron chi connectivity index (χ4n) is 2.27. The van der Waals surface area contributed by atoms with E-state index >= 15 is 0 Å². The van der Waals surface area contributed by atoms with E-state index in [1.165, 1.54) is 5.56 Å². The van der Waals surface area contributed by atoms with E-state index in [0.717, 1.165) is 22.6 Å². The number of hydrogen-bond donors (Lipinski definition) is 0. The molecule has 0 aliphatic heterocycles. The number of rotatable bonds is 3. The first-order valence-electron chi connectivity index (χ1n) is 6.86. The SMILES string of the molecule is Cc1c(Cl)nc(Cc2ccccc2)nc1-c1ccccc1. The Bertz CT molecular complexity index is 740. The highest BCUT2D eigenvalue weighted by molar-refractivity contribution is 6.30. The van der Waals surface area contributed by atoms with Gasteiger partial charge in [-0.15, -0.1) is 0 Å². The van der Waals surface area contributed by atoms with Gasteiger partial charge in [0.15, 0.2) is 0 Å². The van der Waals surface area contributed by atoms with Gasteiger partial charge in [0, 0.05) is 17.5 Å². The van der Waals surface area contributed by atoms with E-state index in [9.17, 15) is 0 Å². The second-order valence-electron chi connectivity index (χ2n) is 4.93. The normalized spacial score (nSPS) is 10.6. The van der Waals surface area contributed by atoms with Crippen molar-refractivity contribution in [3.63, 3.8) is 0 Å². The summed E-state index contributed by atoms with van der Waals surface area (Å²) in [4.78, 5) is 9.11. The summed E-state index contributed by atoms with van der Waals surface area (Å²) in [5.41, 5.74) is 4.06. The average Bonchev–Trinajstić information content (AvgIpc) is 2.52. The van der Waals surface area contributed by atoms with Gasteiger partial charge in [0.25, 0.3) is 0 Å². The van der Waals surface area contributed by atoms with Gasteiger partial charge in [-0.1, -0.05) is 72.3 Å². The Labute approximate surface area is 129 Å². The van der Waals surface area contributed by atoms with E-state index in [1.807, 2.05) is 55.5 Å². The number of halogens is 1. The largest absolute Gasteiger partial charge is 0.232 e.